The van der Waals surface area contributed by atoms with Crippen LogP contribution in [0.15, 0.2) is 48.3 Å². The van der Waals surface area contributed by atoms with Crippen molar-refractivity contribution in [3.63, 3.8) is 0 Å². The average molecular weight is 441 g/mol. The lowest BCUT2D eigenvalue weighted by Gasteiger charge is -2.15. The van der Waals surface area contributed by atoms with E-state index in [1.165, 1.54) is 54.8 Å². The molecule has 2 aromatic carbocycles. The number of benzene rings is 2. The Hall–Kier alpha value is -3.98. The van der Waals surface area contributed by atoms with Gasteiger partial charge in [0.1, 0.15) is 5.70 Å². The number of carbonyl (C=O) groups is 2. The number of nitrogens with two attached hydrogens (primary N) is 1. The van der Waals surface area contributed by atoms with E-state index in [0.29, 0.717) is 17.5 Å². The normalized spacial score (nSPS) is 12.7. The van der Waals surface area contributed by atoms with Crippen LogP contribution in [0.2, 0.25) is 0 Å². The molecule has 0 radical (unpaired) electrons. The van der Waals surface area contributed by atoms with Crippen LogP contribution in [-0.4, -0.2) is 38.3 Å². The van der Waals surface area contributed by atoms with Crippen LogP contribution < -0.4 is 16.4 Å². The third-order valence-corrected chi connectivity index (χ3v) is 4.36. The molecule has 1 atom stereocenters. The molecule has 2 amide bonds. The van der Waals surface area contributed by atoms with Crippen molar-refractivity contribution < 1.29 is 30.0 Å². The predicted molar refractivity (Wildman–Crippen MR) is 120 cm³/mol. The van der Waals surface area contributed by atoms with Gasteiger partial charge in [0.15, 0.2) is 23.0 Å². The fraction of sp³-hybridized carbons (Fsp3) is 0.217. The van der Waals surface area contributed by atoms with Crippen molar-refractivity contribution in [3.05, 3.63) is 59.4 Å². The molecule has 0 spiro atoms. The number of phenols is 4. The molecule has 0 saturated heterocycles. The van der Waals surface area contributed by atoms with E-state index in [-0.39, 0.29) is 34.6 Å². The molecule has 0 unspecified atom stereocenters. The van der Waals surface area contributed by atoms with E-state index in [1.54, 1.807) is 0 Å². The molecule has 0 saturated carbocycles. The van der Waals surface area contributed by atoms with Gasteiger partial charge in [-0.1, -0.05) is 26.0 Å². The molecule has 32 heavy (non-hydrogen) atoms. The van der Waals surface area contributed by atoms with E-state index in [0.717, 1.165) is 0 Å². The van der Waals surface area contributed by atoms with Crippen LogP contribution in [0.5, 0.6) is 23.0 Å². The number of nitrogens with one attached hydrogen (secondary N) is 2. The summed E-state index contributed by atoms with van der Waals surface area (Å²) < 4.78 is 0. The lowest BCUT2D eigenvalue weighted by Crippen LogP contribution is -2.43. The molecule has 0 aromatic heterocycles. The van der Waals surface area contributed by atoms with Gasteiger partial charge < -0.3 is 36.8 Å². The Morgan fingerprint density at radius 1 is 0.938 bits per heavy atom. The molecular weight excluding hydrogens is 414 g/mol. The molecule has 0 aliphatic heterocycles. The first-order chi connectivity index (χ1) is 15.1. The van der Waals surface area contributed by atoms with E-state index in [1.807, 2.05) is 13.8 Å². The third kappa shape index (κ3) is 7.06. The molecule has 0 fully saturated rings. The highest BCUT2D eigenvalue weighted by molar-refractivity contribution is 6.02. The first kappa shape index (κ1) is 24.3. The van der Waals surface area contributed by atoms with Gasteiger partial charge in [0, 0.05) is 6.20 Å². The molecule has 8 N–H and O–H groups in total. The van der Waals surface area contributed by atoms with Crippen LogP contribution in [0.3, 0.4) is 0 Å². The summed E-state index contributed by atoms with van der Waals surface area (Å²) in [4.78, 5) is 25.2. The highest BCUT2D eigenvalue weighted by atomic mass is 16.3. The van der Waals surface area contributed by atoms with Gasteiger partial charge in [0.2, 0.25) is 5.91 Å². The van der Waals surface area contributed by atoms with Crippen LogP contribution in [0.25, 0.3) is 12.2 Å². The van der Waals surface area contributed by atoms with Crippen LogP contribution in [0.1, 0.15) is 31.4 Å². The number of aromatic hydroxyl groups is 4. The fourth-order valence-electron chi connectivity index (χ4n) is 2.73. The maximum atomic E-state index is 12.7. The van der Waals surface area contributed by atoms with Gasteiger partial charge >= 0.3 is 0 Å². The van der Waals surface area contributed by atoms with E-state index in [4.69, 9.17) is 5.73 Å². The molecule has 9 nitrogen and oxygen atoms in total. The zero-order valence-electron chi connectivity index (χ0n) is 17.7. The average Bonchev–Trinajstić information content (AvgIpc) is 2.72. The molecule has 0 bridgehead atoms. The Morgan fingerprint density at radius 2 is 1.50 bits per heavy atom. The van der Waals surface area contributed by atoms with Crippen molar-refractivity contribution in [1.29, 1.82) is 0 Å². The standard InChI is InChI=1S/C23H27N3O6/c1-13(2)9-16(24)22(31)26-17(10-15-4-6-19(28)21(30)12-15)23(32)25-8-7-14-3-5-18(27)20(29)11-14/h3-8,10-13,16,27-30H,9,24H2,1-2H3,(H,25,32)(H,26,31)/b8-7+,17-10-/t16-/m0/s1. The van der Waals surface area contributed by atoms with Crippen molar-refractivity contribution in [2.75, 3.05) is 0 Å². The van der Waals surface area contributed by atoms with Gasteiger partial charge in [0.25, 0.3) is 5.91 Å². The monoisotopic (exact) mass is 441 g/mol. The second-order valence-electron chi connectivity index (χ2n) is 7.59. The summed E-state index contributed by atoms with van der Waals surface area (Å²) in [6.45, 7) is 3.84. The minimum atomic E-state index is -0.824. The van der Waals surface area contributed by atoms with Gasteiger partial charge in [-0.2, -0.15) is 0 Å². The maximum Gasteiger partial charge on any atom is 0.271 e. The summed E-state index contributed by atoms with van der Waals surface area (Å²) in [5.41, 5.74) is 6.65. The quantitative estimate of drug-likeness (QED) is 0.243. The summed E-state index contributed by atoms with van der Waals surface area (Å²) in [5.74, 6) is -2.32. The number of amides is 2. The summed E-state index contributed by atoms with van der Waals surface area (Å²) in [7, 11) is 0. The van der Waals surface area contributed by atoms with Gasteiger partial charge in [-0.05, 0) is 59.9 Å². The van der Waals surface area contributed by atoms with Crippen molar-refractivity contribution in [3.8, 4) is 23.0 Å². The Kier molecular flexibility index (Phi) is 8.25. The summed E-state index contributed by atoms with van der Waals surface area (Å²) in [5, 5.41) is 43.1. The smallest absolute Gasteiger partial charge is 0.271 e. The molecule has 0 aliphatic carbocycles. The van der Waals surface area contributed by atoms with Crippen LogP contribution in [0, 0.1) is 5.92 Å². The Balaban J connectivity index is 2.23. The molecule has 0 aliphatic rings. The highest BCUT2D eigenvalue weighted by Gasteiger charge is 2.19. The zero-order valence-corrected chi connectivity index (χ0v) is 17.7. The molecule has 2 rings (SSSR count). The molecule has 0 heterocycles. The van der Waals surface area contributed by atoms with Crippen molar-refractivity contribution >= 4 is 24.0 Å². The van der Waals surface area contributed by atoms with Gasteiger partial charge in [-0.3, -0.25) is 9.59 Å². The topological polar surface area (TPSA) is 165 Å². The predicted octanol–water partition coefficient (Wildman–Crippen LogP) is 2.13. The second kappa shape index (κ2) is 10.9. The van der Waals surface area contributed by atoms with E-state index in [2.05, 4.69) is 10.6 Å². The fourth-order valence-corrected chi connectivity index (χ4v) is 2.73. The number of hydrogen-bond acceptors (Lipinski definition) is 7. The minimum absolute atomic E-state index is 0.127. The van der Waals surface area contributed by atoms with Gasteiger partial charge in [0.05, 0.1) is 6.04 Å². The molecule has 9 heteroatoms. The zero-order chi connectivity index (χ0) is 23.8. The lowest BCUT2D eigenvalue weighted by atomic mass is 10.0. The SMILES string of the molecule is CC(C)C[C@H](N)C(=O)N/C(=C\c1ccc(O)c(O)c1)C(=O)N/C=C/c1ccc(O)c(O)c1. The number of rotatable bonds is 8. The molecule has 170 valence electrons. The Labute approximate surface area is 185 Å². The minimum Gasteiger partial charge on any atom is -0.504 e. The largest absolute Gasteiger partial charge is 0.504 e. The molecule has 2 aromatic rings. The Morgan fingerprint density at radius 3 is 2.06 bits per heavy atom. The van der Waals surface area contributed by atoms with Crippen LogP contribution in [-0.2, 0) is 9.59 Å². The maximum absolute atomic E-state index is 12.7. The number of carbonyl (C=O) groups excluding carboxylic acids is 2. The lowest BCUT2D eigenvalue weighted by molar-refractivity contribution is -0.124. The van der Waals surface area contributed by atoms with E-state index >= 15 is 0 Å². The van der Waals surface area contributed by atoms with E-state index < -0.39 is 17.9 Å². The van der Waals surface area contributed by atoms with E-state index in [9.17, 15) is 30.0 Å². The Bertz CT molecular complexity index is 1050. The van der Waals surface area contributed by atoms with Gasteiger partial charge in [-0.15, -0.1) is 0 Å². The van der Waals surface area contributed by atoms with Crippen molar-refractivity contribution in [2.45, 2.75) is 26.3 Å². The summed E-state index contributed by atoms with van der Waals surface area (Å²) >= 11 is 0. The first-order valence-corrected chi connectivity index (χ1v) is 9.86. The third-order valence-electron chi connectivity index (χ3n) is 4.36. The first-order valence-electron chi connectivity index (χ1n) is 9.86. The summed E-state index contributed by atoms with van der Waals surface area (Å²) in [6.07, 6.45) is 4.53. The summed E-state index contributed by atoms with van der Waals surface area (Å²) in [6, 6.07) is 7.25. The van der Waals surface area contributed by atoms with Crippen LogP contribution >= 0.6 is 0 Å². The van der Waals surface area contributed by atoms with Crippen molar-refractivity contribution in [1.82, 2.24) is 10.6 Å². The molecular formula is C23H27N3O6. The second-order valence-corrected chi connectivity index (χ2v) is 7.59. The highest BCUT2D eigenvalue weighted by Crippen LogP contribution is 2.26. The number of phenolic OH excluding ortho intramolecular Hbond substituents is 4. The van der Waals surface area contributed by atoms with Crippen molar-refractivity contribution in [2.24, 2.45) is 11.7 Å². The van der Waals surface area contributed by atoms with Gasteiger partial charge in [-0.25, -0.2) is 0 Å². The van der Waals surface area contributed by atoms with Crippen LogP contribution in [0.4, 0.5) is 0 Å². The number of hydrogen-bond donors (Lipinski definition) is 7.